The van der Waals surface area contributed by atoms with Gasteiger partial charge in [0.15, 0.2) is 5.82 Å². The normalized spacial score (nSPS) is 16.9. The highest BCUT2D eigenvalue weighted by Gasteiger charge is 2.36. The topological polar surface area (TPSA) is 64.9 Å². The van der Waals surface area contributed by atoms with E-state index in [4.69, 9.17) is 21.9 Å². The van der Waals surface area contributed by atoms with Crippen molar-refractivity contribution < 1.29 is 8.91 Å². The maximum Gasteiger partial charge on any atom is 0.260 e. The summed E-state index contributed by atoms with van der Waals surface area (Å²) in [5.41, 5.74) is 5.94. The number of hydrogen-bond donors (Lipinski definition) is 1. The second-order valence-electron chi connectivity index (χ2n) is 4.91. The van der Waals surface area contributed by atoms with Gasteiger partial charge in [-0.15, -0.1) is 12.4 Å². The van der Waals surface area contributed by atoms with Crippen LogP contribution >= 0.6 is 24.0 Å². The summed E-state index contributed by atoms with van der Waals surface area (Å²) in [7, 11) is 0. The molecular weight excluding hydrogens is 304 g/mol. The first-order valence-electron chi connectivity index (χ1n) is 6.17. The third kappa shape index (κ3) is 2.66. The lowest BCUT2D eigenvalue weighted by Gasteiger charge is -2.17. The highest BCUT2D eigenvalue weighted by Crippen LogP contribution is 2.35. The van der Waals surface area contributed by atoms with Crippen LogP contribution in [0.15, 0.2) is 22.7 Å². The van der Waals surface area contributed by atoms with Gasteiger partial charge in [0.1, 0.15) is 5.82 Å². The Balaban J connectivity index is 0.00000147. The van der Waals surface area contributed by atoms with Gasteiger partial charge in [0.2, 0.25) is 0 Å². The van der Waals surface area contributed by atoms with E-state index in [2.05, 4.69) is 10.1 Å². The molecular formula is C13H14Cl2FN3O. The van der Waals surface area contributed by atoms with Gasteiger partial charge in [0.25, 0.3) is 5.89 Å². The molecule has 0 aliphatic heterocycles. The van der Waals surface area contributed by atoms with Gasteiger partial charge in [0.05, 0.1) is 11.1 Å². The standard InChI is InChI=1S/C13H13ClFN3O.ClH/c14-8-3-4-9(10(15)7-8)11-17-12(18-19-11)13(16)5-1-2-6-13;/h3-4,7H,1-2,5-6,16H2;1H. The van der Waals surface area contributed by atoms with Crippen LogP contribution < -0.4 is 5.73 Å². The molecule has 4 nitrogen and oxygen atoms in total. The third-order valence-corrected chi connectivity index (χ3v) is 3.76. The van der Waals surface area contributed by atoms with Crippen LogP contribution in [0.25, 0.3) is 11.5 Å². The van der Waals surface area contributed by atoms with Crippen molar-refractivity contribution in [1.82, 2.24) is 10.1 Å². The fourth-order valence-electron chi connectivity index (χ4n) is 2.43. The average molecular weight is 318 g/mol. The van der Waals surface area contributed by atoms with Crippen molar-refractivity contribution in [3.63, 3.8) is 0 Å². The molecule has 20 heavy (non-hydrogen) atoms. The molecule has 1 aromatic heterocycles. The molecule has 0 amide bonds. The summed E-state index contributed by atoms with van der Waals surface area (Å²) >= 11 is 5.71. The maximum atomic E-state index is 13.8. The fraction of sp³-hybridized carbons (Fsp3) is 0.385. The van der Waals surface area contributed by atoms with Crippen molar-refractivity contribution in [2.75, 3.05) is 0 Å². The molecule has 108 valence electrons. The Morgan fingerprint density at radius 3 is 2.65 bits per heavy atom. The second kappa shape index (κ2) is 5.68. The lowest BCUT2D eigenvalue weighted by molar-refractivity contribution is 0.372. The molecule has 1 heterocycles. The molecule has 1 aromatic carbocycles. The molecule has 7 heteroatoms. The lowest BCUT2D eigenvalue weighted by atomic mass is 9.99. The van der Waals surface area contributed by atoms with Crippen molar-refractivity contribution >= 4 is 24.0 Å². The van der Waals surface area contributed by atoms with Crippen LogP contribution in [-0.2, 0) is 5.54 Å². The largest absolute Gasteiger partial charge is 0.334 e. The molecule has 0 radical (unpaired) electrons. The van der Waals surface area contributed by atoms with Gasteiger partial charge in [-0.3, -0.25) is 0 Å². The van der Waals surface area contributed by atoms with E-state index < -0.39 is 11.4 Å². The van der Waals surface area contributed by atoms with Gasteiger partial charge < -0.3 is 10.3 Å². The Bertz CT molecular complexity index is 611. The zero-order chi connectivity index (χ0) is 13.5. The van der Waals surface area contributed by atoms with Crippen molar-refractivity contribution in [3.8, 4) is 11.5 Å². The lowest BCUT2D eigenvalue weighted by Crippen LogP contribution is -2.34. The molecule has 0 unspecified atom stereocenters. The van der Waals surface area contributed by atoms with Crippen LogP contribution in [-0.4, -0.2) is 10.1 Å². The van der Waals surface area contributed by atoms with Crippen LogP contribution in [0.5, 0.6) is 0 Å². The Labute approximate surface area is 126 Å². The summed E-state index contributed by atoms with van der Waals surface area (Å²) in [4.78, 5) is 4.24. The SMILES string of the molecule is Cl.NC1(c2noc(-c3ccc(Cl)cc3F)n2)CCCC1. The first-order valence-corrected chi connectivity index (χ1v) is 6.55. The fourth-order valence-corrected chi connectivity index (χ4v) is 2.59. The van der Waals surface area contributed by atoms with Crippen molar-refractivity contribution in [2.45, 2.75) is 31.2 Å². The molecule has 1 saturated carbocycles. The van der Waals surface area contributed by atoms with Crippen LogP contribution in [0.3, 0.4) is 0 Å². The van der Waals surface area contributed by atoms with Crippen molar-refractivity contribution in [3.05, 3.63) is 34.9 Å². The van der Waals surface area contributed by atoms with Gasteiger partial charge in [-0.2, -0.15) is 4.98 Å². The summed E-state index contributed by atoms with van der Waals surface area (Å²) in [5, 5.41) is 4.23. The molecule has 1 aliphatic rings. The number of aromatic nitrogens is 2. The van der Waals surface area contributed by atoms with E-state index >= 15 is 0 Å². The number of rotatable bonds is 2. The number of benzene rings is 1. The van der Waals surface area contributed by atoms with E-state index in [1.807, 2.05) is 0 Å². The van der Waals surface area contributed by atoms with E-state index in [0.717, 1.165) is 25.7 Å². The van der Waals surface area contributed by atoms with Crippen molar-refractivity contribution in [1.29, 1.82) is 0 Å². The molecule has 0 saturated heterocycles. The molecule has 0 bridgehead atoms. The van der Waals surface area contributed by atoms with Gasteiger partial charge >= 0.3 is 0 Å². The van der Waals surface area contributed by atoms with E-state index in [-0.39, 0.29) is 23.9 Å². The quantitative estimate of drug-likeness (QED) is 0.917. The molecule has 2 aromatic rings. The summed E-state index contributed by atoms with van der Waals surface area (Å²) in [6, 6.07) is 4.32. The average Bonchev–Trinajstić information content (AvgIpc) is 2.99. The highest BCUT2D eigenvalue weighted by molar-refractivity contribution is 6.30. The molecule has 0 spiro atoms. The molecule has 2 N–H and O–H groups in total. The number of hydrogen-bond acceptors (Lipinski definition) is 4. The Hall–Kier alpha value is -1.17. The minimum absolute atomic E-state index is 0. The smallest absolute Gasteiger partial charge is 0.260 e. The predicted molar refractivity (Wildman–Crippen MR) is 76.3 cm³/mol. The summed E-state index contributed by atoms with van der Waals surface area (Å²) < 4.78 is 18.9. The van der Waals surface area contributed by atoms with Crippen LogP contribution in [0.2, 0.25) is 5.02 Å². The molecule has 3 rings (SSSR count). The van der Waals surface area contributed by atoms with Crippen LogP contribution in [0.1, 0.15) is 31.5 Å². The summed E-state index contributed by atoms with van der Waals surface area (Å²) in [6.45, 7) is 0. The van der Waals surface area contributed by atoms with Gasteiger partial charge in [-0.1, -0.05) is 29.6 Å². The minimum Gasteiger partial charge on any atom is -0.334 e. The Kier molecular flexibility index (Phi) is 4.32. The molecule has 1 aliphatic carbocycles. The third-order valence-electron chi connectivity index (χ3n) is 3.53. The van der Waals surface area contributed by atoms with Gasteiger partial charge in [0, 0.05) is 5.02 Å². The molecule has 0 atom stereocenters. The Morgan fingerprint density at radius 1 is 1.30 bits per heavy atom. The van der Waals surface area contributed by atoms with Crippen molar-refractivity contribution in [2.24, 2.45) is 5.73 Å². The van der Waals surface area contributed by atoms with Gasteiger partial charge in [-0.25, -0.2) is 4.39 Å². The zero-order valence-electron chi connectivity index (χ0n) is 10.6. The maximum absolute atomic E-state index is 13.8. The van der Waals surface area contributed by atoms with E-state index in [1.165, 1.54) is 12.1 Å². The van der Waals surface area contributed by atoms with E-state index in [0.29, 0.717) is 10.8 Å². The first-order chi connectivity index (χ1) is 9.08. The van der Waals surface area contributed by atoms with E-state index in [9.17, 15) is 4.39 Å². The monoisotopic (exact) mass is 317 g/mol. The van der Waals surface area contributed by atoms with Crippen LogP contribution in [0.4, 0.5) is 4.39 Å². The summed E-state index contributed by atoms with van der Waals surface area (Å²) in [5.74, 6) is 0.107. The first kappa shape index (κ1) is 15.2. The summed E-state index contributed by atoms with van der Waals surface area (Å²) in [6.07, 6.45) is 3.76. The second-order valence-corrected chi connectivity index (χ2v) is 5.35. The number of halogens is 3. The number of nitrogens with zero attached hydrogens (tertiary/aromatic N) is 2. The minimum atomic E-state index is -0.537. The van der Waals surface area contributed by atoms with Crippen LogP contribution in [0, 0.1) is 5.82 Å². The van der Waals surface area contributed by atoms with E-state index in [1.54, 1.807) is 6.07 Å². The predicted octanol–water partition coefficient (Wildman–Crippen LogP) is 3.68. The number of nitrogens with two attached hydrogens (primary N) is 1. The Morgan fingerprint density at radius 2 is 2.00 bits per heavy atom. The molecule has 1 fully saturated rings. The zero-order valence-corrected chi connectivity index (χ0v) is 12.2. The van der Waals surface area contributed by atoms with Gasteiger partial charge in [-0.05, 0) is 31.0 Å². The highest BCUT2D eigenvalue weighted by atomic mass is 35.5.